The summed E-state index contributed by atoms with van der Waals surface area (Å²) in [5, 5.41) is 1.22. The van der Waals surface area contributed by atoms with E-state index in [4.69, 9.17) is 33.7 Å². The number of rotatable bonds is 5. The molecule has 0 spiro atoms. The van der Waals surface area contributed by atoms with Gasteiger partial charge in [-0.2, -0.15) is 0 Å². The number of benzene rings is 1. The molecular weight excluding hydrogens is 305 g/mol. The number of methoxy groups -OCH3 is 1. The van der Waals surface area contributed by atoms with Crippen molar-refractivity contribution in [2.75, 3.05) is 12.9 Å². The molecule has 6 heteroatoms. The summed E-state index contributed by atoms with van der Waals surface area (Å²) in [5.41, 5.74) is 5.28. The van der Waals surface area contributed by atoms with Crippen LogP contribution in [0.4, 0.5) is 0 Å². The van der Waals surface area contributed by atoms with Crippen LogP contribution in [0.2, 0.25) is 10.0 Å². The van der Waals surface area contributed by atoms with Crippen molar-refractivity contribution in [2.45, 2.75) is 23.3 Å². The van der Waals surface area contributed by atoms with Gasteiger partial charge in [0.25, 0.3) is 0 Å². The summed E-state index contributed by atoms with van der Waals surface area (Å²) in [7, 11) is 1.36. The molecule has 0 heterocycles. The highest BCUT2D eigenvalue weighted by Crippen LogP contribution is 2.42. The predicted molar refractivity (Wildman–Crippen MR) is 78.8 cm³/mol. The Morgan fingerprint density at radius 1 is 1.53 bits per heavy atom. The molecule has 1 unspecified atom stereocenters. The molecule has 1 atom stereocenters. The molecule has 0 aliphatic heterocycles. The molecule has 0 saturated heterocycles. The molecule has 1 aromatic rings. The molecule has 0 bridgehead atoms. The zero-order chi connectivity index (χ0) is 14.0. The fraction of sp³-hybridized carbons (Fsp3) is 0.462. The summed E-state index contributed by atoms with van der Waals surface area (Å²) in [6.07, 6.45) is 1.94. The Bertz CT molecular complexity index is 494. The largest absolute Gasteiger partial charge is 0.468 e. The van der Waals surface area contributed by atoms with Crippen molar-refractivity contribution < 1.29 is 9.53 Å². The van der Waals surface area contributed by atoms with Crippen LogP contribution in [0.25, 0.3) is 0 Å². The summed E-state index contributed by atoms with van der Waals surface area (Å²) < 4.78 is 4.82. The number of carbonyl (C=O) groups excluding carboxylic acids is 1. The first-order valence-electron chi connectivity index (χ1n) is 5.92. The number of nitrogens with two attached hydrogens (primary N) is 1. The van der Waals surface area contributed by atoms with E-state index in [-0.39, 0.29) is 11.9 Å². The van der Waals surface area contributed by atoms with Crippen LogP contribution in [-0.2, 0) is 9.53 Å². The predicted octanol–water partition coefficient (Wildman–Crippen LogP) is 3.37. The van der Waals surface area contributed by atoms with Crippen molar-refractivity contribution in [3.05, 3.63) is 28.2 Å². The quantitative estimate of drug-likeness (QED) is 0.667. The van der Waals surface area contributed by atoms with Crippen LogP contribution in [0, 0.1) is 5.92 Å². The van der Waals surface area contributed by atoms with Gasteiger partial charge in [-0.25, -0.2) is 0 Å². The average Bonchev–Trinajstić information content (AvgIpc) is 3.23. The Hall–Kier alpha value is -0.420. The molecule has 0 aromatic heterocycles. The summed E-state index contributed by atoms with van der Waals surface area (Å²) in [6.45, 7) is 0. The van der Waals surface area contributed by atoms with Gasteiger partial charge in [-0.3, -0.25) is 4.79 Å². The van der Waals surface area contributed by atoms with Gasteiger partial charge in [0, 0.05) is 15.7 Å². The maximum Gasteiger partial charge on any atom is 0.327 e. The van der Waals surface area contributed by atoms with Crippen LogP contribution in [0.5, 0.6) is 0 Å². The van der Waals surface area contributed by atoms with Gasteiger partial charge >= 0.3 is 5.97 Å². The van der Waals surface area contributed by atoms with Gasteiger partial charge in [-0.15, -0.1) is 11.8 Å². The van der Waals surface area contributed by atoms with Gasteiger partial charge in [0.2, 0.25) is 0 Å². The van der Waals surface area contributed by atoms with Crippen LogP contribution < -0.4 is 5.73 Å². The summed E-state index contributed by atoms with van der Waals surface area (Å²) in [5.74, 6) is 0.274. The summed E-state index contributed by atoms with van der Waals surface area (Å²) in [6, 6.07) is 5.24. The van der Waals surface area contributed by atoms with Crippen LogP contribution >= 0.6 is 35.0 Å². The van der Waals surface area contributed by atoms with Gasteiger partial charge in [-0.05, 0) is 37.0 Å². The number of ether oxygens (including phenoxy) is 1. The first-order chi connectivity index (χ1) is 8.97. The highest BCUT2D eigenvalue weighted by molar-refractivity contribution is 7.99. The standard InChI is InChI=1S/C13H15Cl2NO2S/c1-18-12(17)13(16,8-2-3-8)7-19-11-6-9(14)4-5-10(11)15/h4-6,8H,2-3,7,16H2,1H3. The molecule has 1 aromatic carbocycles. The second kappa shape index (κ2) is 5.92. The van der Waals surface area contributed by atoms with Crippen LogP contribution in [0.1, 0.15) is 12.8 Å². The fourth-order valence-electron chi connectivity index (χ4n) is 1.92. The Kier molecular flexibility index (Phi) is 4.66. The molecule has 19 heavy (non-hydrogen) atoms. The SMILES string of the molecule is COC(=O)C(N)(CSc1cc(Cl)ccc1Cl)C1CC1. The Labute approximate surface area is 126 Å². The lowest BCUT2D eigenvalue weighted by Crippen LogP contribution is -2.53. The zero-order valence-corrected chi connectivity index (χ0v) is 12.8. The van der Waals surface area contributed by atoms with Crippen LogP contribution in [-0.4, -0.2) is 24.4 Å². The van der Waals surface area contributed by atoms with E-state index in [0.717, 1.165) is 17.7 Å². The number of carbonyl (C=O) groups is 1. The number of esters is 1. The maximum atomic E-state index is 11.9. The van der Waals surface area contributed by atoms with E-state index in [1.807, 2.05) is 0 Å². The lowest BCUT2D eigenvalue weighted by atomic mass is 9.97. The smallest absolute Gasteiger partial charge is 0.327 e. The van der Waals surface area contributed by atoms with Gasteiger partial charge in [0.15, 0.2) is 0 Å². The zero-order valence-electron chi connectivity index (χ0n) is 10.5. The lowest BCUT2D eigenvalue weighted by Gasteiger charge is -2.26. The van der Waals surface area contributed by atoms with Crippen molar-refractivity contribution in [1.82, 2.24) is 0 Å². The molecule has 1 fully saturated rings. The molecule has 2 N–H and O–H groups in total. The summed E-state index contributed by atoms with van der Waals surface area (Å²) >= 11 is 13.5. The highest BCUT2D eigenvalue weighted by Gasteiger charge is 2.48. The second-order valence-corrected chi connectivity index (χ2v) is 6.53. The van der Waals surface area contributed by atoms with E-state index in [2.05, 4.69) is 0 Å². The minimum Gasteiger partial charge on any atom is -0.468 e. The normalized spacial score (nSPS) is 17.9. The van der Waals surface area contributed by atoms with Crippen molar-refractivity contribution in [3.8, 4) is 0 Å². The third kappa shape index (κ3) is 3.37. The molecule has 2 rings (SSSR count). The third-order valence-electron chi connectivity index (χ3n) is 3.23. The van der Waals surface area contributed by atoms with Gasteiger partial charge in [0.05, 0.1) is 12.1 Å². The van der Waals surface area contributed by atoms with Gasteiger partial charge < -0.3 is 10.5 Å². The minimum absolute atomic E-state index is 0.199. The van der Waals surface area contributed by atoms with Crippen molar-refractivity contribution in [2.24, 2.45) is 11.7 Å². The van der Waals surface area contributed by atoms with E-state index in [1.165, 1.54) is 18.9 Å². The first-order valence-corrected chi connectivity index (χ1v) is 7.66. The van der Waals surface area contributed by atoms with Crippen molar-refractivity contribution in [3.63, 3.8) is 0 Å². The van der Waals surface area contributed by atoms with Crippen molar-refractivity contribution in [1.29, 1.82) is 0 Å². The molecule has 3 nitrogen and oxygen atoms in total. The minimum atomic E-state index is -0.939. The first kappa shape index (κ1) is 15.0. The Balaban J connectivity index is 2.11. The molecular formula is C13H15Cl2NO2S. The molecule has 0 radical (unpaired) electrons. The van der Waals surface area contributed by atoms with Crippen LogP contribution in [0.15, 0.2) is 23.1 Å². The third-order valence-corrected chi connectivity index (χ3v) is 5.18. The maximum absolute atomic E-state index is 11.9. The number of thioether (sulfide) groups is 1. The van der Waals surface area contributed by atoms with E-state index in [0.29, 0.717) is 15.8 Å². The summed E-state index contributed by atoms with van der Waals surface area (Å²) in [4.78, 5) is 12.7. The highest BCUT2D eigenvalue weighted by atomic mass is 35.5. The monoisotopic (exact) mass is 319 g/mol. The van der Waals surface area contributed by atoms with E-state index in [1.54, 1.807) is 18.2 Å². The van der Waals surface area contributed by atoms with Crippen molar-refractivity contribution >= 4 is 40.9 Å². The molecule has 104 valence electrons. The molecule has 0 amide bonds. The molecule has 1 aliphatic rings. The fourth-order valence-corrected chi connectivity index (χ4v) is 3.60. The number of hydrogen-bond acceptors (Lipinski definition) is 4. The van der Waals surface area contributed by atoms with E-state index >= 15 is 0 Å². The lowest BCUT2D eigenvalue weighted by molar-refractivity contribution is -0.146. The second-order valence-electron chi connectivity index (χ2n) is 4.67. The number of halogens is 2. The van der Waals surface area contributed by atoms with Gasteiger partial charge in [-0.1, -0.05) is 23.2 Å². The topological polar surface area (TPSA) is 52.3 Å². The van der Waals surface area contributed by atoms with Crippen LogP contribution in [0.3, 0.4) is 0 Å². The molecule has 1 saturated carbocycles. The van der Waals surface area contributed by atoms with E-state index < -0.39 is 5.54 Å². The Morgan fingerprint density at radius 2 is 2.21 bits per heavy atom. The van der Waals surface area contributed by atoms with Gasteiger partial charge in [0.1, 0.15) is 5.54 Å². The Morgan fingerprint density at radius 3 is 2.79 bits per heavy atom. The average molecular weight is 320 g/mol. The van der Waals surface area contributed by atoms with E-state index in [9.17, 15) is 4.79 Å². The number of hydrogen-bond donors (Lipinski definition) is 1. The molecule has 1 aliphatic carbocycles.